The maximum atomic E-state index is 2.56. The summed E-state index contributed by atoms with van der Waals surface area (Å²) in [5, 5.41) is 12.4. The van der Waals surface area contributed by atoms with Crippen molar-refractivity contribution in [2.75, 3.05) is 9.80 Å². The summed E-state index contributed by atoms with van der Waals surface area (Å²) >= 11 is 0. The lowest BCUT2D eigenvalue weighted by Gasteiger charge is -2.29. The summed E-state index contributed by atoms with van der Waals surface area (Å²) in [6.07, 6.45) is 0. The van der Waals surface area contributed by atoms with E-state index in [1.165, 1.54) is 121 Å². The molecule has 3 heteroatoms. The fourth-order valence-electron chi connectivity index (χ4n) is 12.7. The molecule has 74 heavy (non-hydrogen) atoms. The van der Waals surface area contributed by atoms with Gasteiger partial charge in [-0.3, -0.25) is 0 Å². The average Bonchev–Trinajstić information content (AvgIpc) is 4.16. The van der Waals surface area contributed by atoms with Gasteiger partial charge in [-0.15, -0.1) is 0 Å². The molecular weight excluding hydrogens is 895 g/mol. The molecule has 1 aliphatic carbocycles. The van der Waals surface area contributed by atoms with Crippen LogP contribution in [-0.2, 0) is 5.41 Å². The molecule has 0 amide bonds. The predicted octanol–water partition coefficient (Wildman–Crippen LogP) is 19.8. The summed E-state index contributed by atoms with van der Waals surface area (Å²) in [4.78, 5) is 4.95. The van der Waals surface area contributed by atoms with E-state index in [0.717, 1.165) is 28.4 Å². The summed E-state index contributed by atoms with van der Waals surface area (Å²) in [5.41, 5.74) is 20.6. The number of anilines is 6. The van der Waals surface area contributed by atoms with Crippen molar-refractivity contribution in [2.24, 2.45) is 0 Å². The summed E-state index contributed by atoms with van der Waals surface area (Å²) in [7, 11) is 0. The normalized spacial score (nSPS) is 13.0. The van der Waals surface area contributed by atoms with Crippen LogP contribution in [-0.4, -0.2) is 4.40 Å². The maximum Gasteiger partial charge on any atom is 0.0641 e. The summed E-state index contributed by atoms with van der Waals surface area (Å²) in [6, 6.07) is 88.5. The Balaban J connectivity index is 0.975. The third-order valence-electron chi connectivity index (χ3n) is 16.4. The quantitative estimate of drug-likeness (QED) is 0.158. The van der Waals surface area contributed by atoms with Crippen molar-refractivity contribution >= 4 is 105 Å². The first-order chi connectivity index (χ1) is 36.3. The molecule has 0 spiro atoms. The molecule has 2 aromatic heterocycles. The number of fused-ring (bicyclic) bond motifs is 13. The molecule has 0 atom stereocenters. The molecule has 0 unspecified atom stereocenters. The second-order valence-electron chi connectivity index (χ2n) is 21.1. The van der Waals surface area contributed by atoms with Gasteiger partial charge in [0.1, 0.15) is 0 Å². The molecule has 14 aromatic rings. The number of rotatable bonds is 7. The molecule has 0 fully saturated rings. The van der Waals surface area contributed by atoms with Crippen LogP contribution in [0.3, 0.4) is 0 Å². The Kier molecular flexibility index (Phi) is 9.14. The van der Waals surface area contributed by atoms with Crippen molar-refractivity contribution in [3.63, 3.8) is 0 Å². The van der Waals surface area contributed by atoms with E-state index >= 15 is 0 Å². The Labute approximate surface area is 430 Å². The fourth-order valence-corrected chi connectivity index (χ4v) is 12.7. The van der Waals surface area contributed by atoms with Crippen molar-refractivity contribution in [3.8, 4) is 22.3 Å². The molecule has 2 heterocycles. The van der Waals surface area contributed by atoms with Crippen LogP contribution in [0.25, 0.3) is 92.7 Å². The molecule has 3 nitrogen and oxygen atoms in total. The van der Waals surface area contributed by atoms with Gasteiger partial charge in [0, 0.05) is 54.8 Å². The standard InChI is InChI=1S/C71H51N3/c1-44-24-30-51(31-25-44)72(63-22-12-18-47-16-8-10-20-54(47)63)53-34-35-57-62(42-53)71(3,4)61-37-28-50-41-67-59(43-58(50)68(57)61)56-36-39-66(69-60-40-49(46-14-6-5-7-15-46)29-38-65(60)74(67)70(56)69)73(52-32-26-45(2)27-33-52)64-23-13-19-48-17-9-11-21-55(48)64/h5-43H,1-4H3. The van der Waals surface area contributed by atoms with E-state index in [1.54, 1.807) is 0 Å². The van der Waals surface area contributed by atoms with Crippen LogP contribution in [0.1, 0.15) is 36.1 Å². The van der Waals surface area contributed by atoms with Gasteiger partial charge in [0.2, 0.25) is 0 Å². The second-order valence-corrected chi connectivity index (χ2v) is 21.1. The SMILES string of the molecule is Cc1ccc(N(c2ccc3c(c2)C(C)(C)c2ccc4cc5c(cc4c2-3)c2ccc(N(c3ccc(C)cc3)c3cccc4ccccc34)c3c4cc(-c6ccccc6)ccc4n5c23)c2cccc3ccccc23)cc1. The highest BCUT2D eigenvalue weighted by molar-refractivity contribution is 6.29. The lowest BCUT2D eigenvalue weighted by atomic mass is 9.82. The third kappa shape index (κ3) is 6.20. The highest BCUT2D eigenvalue weighted by atomic mass is 15.2. The molecular formula is C71H51N3. The molecule has 0 N–H and O–H groups in total. The van der Waals surface area contributed by atoms with Crippen LogP contribution >= 0.6 is 0 Å². The van der Waals surface area contributed by atoms with Crippen LogP contribution in [0.5, 0.6) is 0 Å². The maximum absolute atomic E-state index is 2.56. The van der Waals surface area contributed by atoms with Gasteiger partial charge in [-0.25, -0.2) is 0 Å². The first-order valence-corrected chi connectivity index (χ1v) is 25.9. The largest absolute Gasteiger partial charge is 0.310 e. The van der Waals surface area contributed by atoms with Crippen LogP contribution < -0.4 is 9.80 Å². The van der Waals surface area contributed by atoms with Crippen molar-refractivity contribution in [1.82, 2.24) is 4.40 Å². The third-order valence-corrected chi connectivity index (χ3v) is 16.4. The first-order valence-electron chi connectivity index (χ1n) is 25.9. The minimum atomic E-state index is -0.237. The van der Waals surface area contributed by atoms with Crippen LogP contribution in [0.2, 0.25) is 0 Å². The average molecular weight is 946 g/mol. The van der Waals surface area contributed by atoms with Gasteiger partial charge in [-0.2, -0.15) is 0 Å². The van der Waals surface area contributed by atoms with Gasteiger partial charge in [0.15, 0.2) is 0 Å². The smallest absolute Gasteiger partial charge is 0.0641 e. The monoisotopic (exact) mass is 945 g/mol. The van der Waals surface area contributed by atoms with E-state index < -0.39 is 0 Å². The molecule has 0 aliphatic heterocycles. The Morgan fingerprint density at radius 1 is 0.351 bits per heavy atom. The van der Waals surface area contributed by atoms with Gasteiger partial charge in [-0.1, -0.05) is 183 Å². The van der Waals surface area contributed by atoms with E-state index in [-0.39, 0.29) is 5.41 Å². The second kappa shape index (κ2) is 15.9. The number of hydrogen-bond acceptors (Lipinski definition) is 2. The van der Waals surface area contributed by atoms with Crippen LogP contribution in [0.4, 0.5) is 34.1 Å². The van der Waals surface area contributed by atoms with Gasteiger partial charge in [0.25, 0.3) is 0 Å². The highest BCUT2D eigenvalue weighted by Gasteiger charge is 2.38. The number of nitrogens with zero attached hydrogens (tertiary/aromatic N) is 3. The molecule has 350 valence electrons. The molecule has 15 rings (SSSR count). The molecule has 0 saturated carbocycles. The van der Waals surface area contributed by atoms with Crippen molar-refractivity contribution in [3.05, 3.63) is 259 Å². The van der Waals surface area contributed by atoms with Crippen LogP contribution in [0, 0.1) is 13.8 Å². The van der Waals surface area contributed by atoms with E-state index in [4.69, 9.17) is 0 Å². The van der Waals surface area contributed by atoms with E-state index in [2.05, 4.69) is 278 Å². The predicted molar refractivity (Wildman–Crippen MR) is 315 cm³/mol. The number of aryl methyl sites for hydroxylation is 2. The van der Waals surface area contributed by atoms with Crippen molar-refractivity contribution in [2.45, 2.75) is 33.1 Å². The van der Waals surface area contributed by atoms with Gasteiger partial charge >= 0.3 is 0 Å². The van der Waals surface area contributed by atoms with Gasteiger partial charge < -0.3 is 14.2 Å². The zero-order valence-corrected chi connectivity index (χ0v) is 41.9. The number of benzene rings is 12. The van der Waals surface area contributed by atoms with Gasteiger partial charge in [-0.05, 0) is 148 Å². The Hall–Kier alpha value is -9.18. The zero-order chi connectivity index (χ0) is 49.4. The molecule has 1 aliphatic rings. The zero-order valence-electron chi connectivity index (χ0n) is 41.9. The fraction of sp³-hybridized carbons (Fsp3) is 0.0704. The summed E-state index contributed by atoms with van der Waals surface area (Å²) in [5.74, 6) is 0. The Morgan fingerprint density at radius 3 is 1.68 bits per heavy atom. The highest BCUT2D eigenvalue weighted by Crippen LogP contribution is 2.55. The minimum absolute atomic E-state index is 0.237. The molecule has 0 bridgehead atoms. The minimum Gasteiger partial charge on any atom is -0.310 e. The summed E-state index contributed by atoms with van der Waals surface area (Å²) in [6.45, 7) is 9.15. The van der Waals surface area contributed by atoms with E-state index in [0.29, 0.717) is 0 Å². The van der Waals surface area contributed by atoms with E-state index in [1.807, 2.05) is 0 Å². The lowest BCUT2D eigenvalue weighted by molar-refractivity contribution is 0.661. The van der Waals surface area contributed by atoms with Gasteiger partial charge in [0.05, 0.1) is 33.6 Å². The molecule has 0 saturated heterocycles. The van der Waals surface area contributed by atoms with E-state index in [9.17, 15) is 0 Å². The van der Waals surface area contributed by atoms with Crippen molar-refractivity contribution in [1.29, 1.82) is 0 Å². The topological polar surface area (TPSA) is 10.9 Å². The Morgan fingerprint density at radius 2 is 0.973 bits per heavy atom. The Bertz CT molecular complexity index is 4570. The number of hydrogen-bond donors (Lipinski definition) is 0. The number of aromatic nitrogens is 1. The molecule has 12 aromatic carbocycles. The summed E-state index contributed by atoms with van der Waals surface area (Å²) < 4.78 is 2.56. The molecule has 0 radical (unpaired) electrons. The van der Waals surface area contributed by atoms with Crippen molar-refractivity contribution < 1.29 is 0 Å². The first kappa shape index (κ1) is 42.5. The van der Waals surface area contributed by atoms with Crippen LogP contribution in [0.15, 0.2) is 237 Å². The lowest BCUT2D eigenvalue weighted by Crippen LogP contribution is -2.16.